The van der Waals surface area contributed by atoms with Crippen LogP contribution in [0, 0.1) is 6.92 Å². The van der Waals surface area contributed by atoms with E-state index in [4.69, 9.17) is 9.15 Å². The molecule has 2 N–H and O–H groups in total. The average Bonchev–Trinajstić information content (AvgIpc) is 3.08. The Morgan fingerprint density at radius 3 is 2.56 bits per heavy atom. The van der Waals surface area contributed by atoms with Crippen LogP contribution < -0.4 is 15.4 Å². The smallest absolute Gasteiger partial charge is 0.180 e. The fraction of sp³-hybridized carbons (Fsp3) is 0.143. The Kier molecular flexibility index (Phi) is 4.27. The number of nitrogens with one attached hydrogen (secondary N) is 2. The first-order valence-corrected chi connectivity index (χ1v) is 8.37. The molecule has 0 amide bonds. The maximum absolute atomic E-state index is 6.25. The molecular weight excluding hydrogens is 312 g/mol. The number of benzene rings is 2. The lowest BCUT2D eigenvalue weighted by Gasteiger charge is -2.22. The first-order valence-electron chi connectivity index (χ1n) is 8.37. The highest BCUT2D eigenvalue weighted by atomic mass is 16.5. The van der Waals surface area contributed by atoms with Crippen molar-refractivity contribution < 1.29 is 9.15 Å². The summed E-state index contributed by atoms with van der Waals surface area (Å²) < 4.78 is 12.1. The van der Waals surface area contributed by atoms with E-state index in [0.717, 1.165) is 34.9 Å². The third-order valence-corrected chi connectivity index (χ3v) is 4.18. The monoisotopic (exact) mass is 332 g/mol. The molecule has 1 aromatic heterocycles. The molecular formula is C21H20N2O2. The summed E-state index contributed by atoms with van der Waals surface area (Å²) in [6, 6.07) is 18.0. The standard InChI is InChI=1S/C21H20N2O2/c1-15-8-10-17(11-9-15)25-20-18(21-22-12-5-13-23-21)14-24-19(20)16-6-3-2-4-7-16/h2-12,14,21-23H,13H2,1H3. The predicted molar refractivity (Wildman–Crippen MR) is 98.4 cm³/mol. The van der Waals surface area contributed by atoms with Crippen LogP contribution in [0.3, 0.4) is 0 Å². The normalized spacial score (nSPS) is 16.4. The average molecular weight is 332 g/mol. The quantitative estimate of drug-likeness (QED) is 0.723. The number of furan rings is 1. The van der Waals surface area contributed by atoms with E-state index in [1.54, 1.807) is 6.26 Å². The van der Waals surface area contributed by atoms with Crippen LogP contribution in [0.4, 0.5) is 0 Å². The number of hydrogen-bond acceptors (Lipinski definition) is 4. The SMILES string of the molecule is Cc1ccc(Oc2c(C3NC=CCN3)coc2-c2ccccc2)cc1. The third-order valence-electron chi connectivity index (χ3n) is 4.18. The molecule has 4 rings (SSSR count). The van der Waals surface area contributed by atoms with Crippen LogP contribution >= 0.6 is 0 Å². The van der Waals surface area contributed by atoms with E-state index in [0.29, 0.717) is 0 Å². The molecule has 0 fully saturated rings. The second kappa shape index (κ2) is 6.87. The fourth-order valence-corrected chi connectivity index (χ4v) is 2.85. The molecule has 0 radical (unpaired) electrons. The van der Waals surface area contributed by atoms with Crippen LogP contribution in [-0.4, -0.2) is 6.54 Å². The molecule has 4 nitrogen and oxygen atoms in total. The first-order chi connectivity index (χ1) is 12.3. The Bertz CT molecular complexity index is 867. The van der Waals surface area contributed by atoms with Crippen molar-refractivity contribution in [1.29, 1.82) is 0 Å². The Morgan fingerprint density at radius 2 is 1.84 bits per heavy atom. The Labute approximate surface area is 147 Å². The Hall–Kier alpha value is -2.98. The van der Waals surface area contributed by atoms with Gasteiger partial charge >= 0.3 is 0 Å². The van der Waals surface area contributed by atoms with Gasteiger partial charge in [-0.25, -0.2) is 0 Å². The van der Waals surface area contributed by atoms with Crippen LogP contribution in [0.15, 0.2) is 77.6 Å². The van der Waals surface area contributed by atoms with Crippen molar-refractivity contribution in [3.63, 3.8) is 0 Å². The maximum atomic E-state index is 6.25. The van der Waals surface area contributed by atoms with Gasteiger partial charge < -0.3 is 14.5 Å². The maximum Gasteiger partial charge on any atom is 0.180 e. The molecule has 25 heavy (non-hydrogen) atoms. The van der Waals surface area contributed by atoms with Crippen LogP contribution in [0.2, 0.25) is 0 Å². The van der Waals surface area contributed by atoms with E-state index in [2.05, 4.69) is 17.6 Å². The van der Waals surface area contributed by atoms with Gasteiger partial charge in [0.1, 0.15) is 18.2 Å². The lowest BCUT2D eigenvalue weighted by atomic mass is 10.1. The van der Waals surface area contributed by atoms with E-state index >= 15 is 0 Å². The third kappa shape index (κ3) is 3.30. The molecule has 0 bridgehead atoms. The molecule has 0 saturated heterocycles. The highest BCUT2D eigenvalue weighted by Crippen LogP contribution is 2.40. The van der Waals surface area contributed by atoms with Gasteiger partial charge in [-0.3, -0.25) is 5.32 Å². The Morgan fingerprint density at radius 1 is 1.04 bits per heavy atom. The summed E-state index contributed by atoms with van der Waals surface area (Å²) in [7, 11) is 0. The van der Waals surface area contributed by atoms with Crippen molar-refractivity contribution >= 4 is 0 Å². The molecule has 1 unspecified atom stereocenters. The van der Waals surface area contributed by atoms with Crippen molar-refractivity contribution in [3.8, 4) is 22.8 Å². The minimum absolute atomic E-state index is 0.0494. The van der Waals surface area contributed by atoms with Gasteiger partial charge in [-0.05, 0) is 25.3 Å². The van der Waals surface area contributed by atoms with Crippen molar-refractivity contribution in [2.45, 2.75) is 13.1 Å². The van der Waals surface area contributed by atoms with Crippen LogP contribution in [0.25, 0.3) is 11.3 Å². The van der Waals surface area contributed by atoms with Gasteiger partial charge in [0.15, 0.2) is 11.5 Å². The molecule has 1 aliphatic rings. The molecule has 3 aromatic rings. The zero-order chi connectivity index (χ0) is 17.1. The van der Waals surface area contributed by atoms with Crippen LogP contribution in [0.1, 0.15) is 17.3 Å². The minimum atomic E-state index is -0.0494. The van der Waals surface area contributed by atoms with Crippen molar-refractivity contribution in [2.24, 2.45) is 0 Å². The van der Waals surface area contributed by atoms with E-state index in [-0.39, 0.29) is 6.17 Å². The van der Waals surface area contributed by atoms with Crippen LogP contribution in [0.5, 0.6) is 11.5 Å². The minimum Gasteiger partial charge on any atom is -0.460 e. The summed E-state index contributed by atoms with van der Waals surface area (Å²) in [4.78, 5) is 0. The highest BCUT2D eigenvalue weighted by Gasteiger charge is 2.24. The van der Waals surface area contributed by atoms with Gasteiger partial charge in [-0.15, -0.1) is 0 Å². The fourth-order valence-electron chi connectivity index (χ4n) is 2.85. The van der Waals surface area contributed by atoms with E-state index in [1.165, 1.54) is 5.56 Å². The van der Waals surface area contributed by atoms with Gasteiger partial charge in [-0.2, -0.15) is 0 Å². The lowest BCUT2D eigenvalue weighted by molar-refractivity contribution is 0.444. The molecule has 0 saturated carbocycles. The summed E-state index contributed by atoms with van der Waals surface area (Å²) in [5, 5.41) is 6.70. The summed E-state index contributed by atoms with van der Waals surface area (Å²) >= 11 is 0. The Balaban J connectivity index is 1.75. The number of rotatable bonds is 4. The molecule has 4 heteroatoms. The lowest BCUT2D eigenvalue weighted by Crippen LogP contribution is -2.34. The first kappa shape index (κ1) is 15.5. The van der Waals surface area contributed by atoms with E-state index in [9.17, 15) is 0 Å². The van der Waals surface area contributed by atoms with Gasteiger partial charge in [0.25, 0.3) is 0 Å². The molecule has 2 heterocycles. The van der Waals surface area contributed by atoms with E-state index < -0.39 is 0 Å². The van der Waals surface area contributed by atoms with Crippen molar-refractivity contribution in [2.75, 3.05) is 6.54 Å². The van der Waals surface area contributed by atoms with Crippen LogP contribution in [-0.2, 0) is 0 Å². The predicted octanol–water partition coefficient (Wildman–Crippen LogP) is 4.75. The molecule has 1 aliphatic heterocycles. The number of hydrogen-bond donors (Lipinski definition) is 2. The molecule has 2 aromatic carbocycles. The van der Waals surface area contributed by atoms with Gasteiger partial charge in [0.05, 0.1) is 5.56 Å². The topological polar surface area (TPSA) is 46.4 Å². The molecule has 126 valence electrons. The van der Waals surface area contributed by atoms with E-state index in [1.807, 2.05) is 66.9 Å². The molecule has 0 aliphatic carbocycles. The largest absolute Gasteiger partial charge is 0.460 e. The number of ether oxygens (including phenoxy) is 1. The summed E-state index contributed by atoms with van der Waals surface area (Å²) in [6.07, 6.45) is 5.70. The summed E-state index contributed by atoms with van der Waals surface area (Å²) in [6.45, 7) is 2.86. The van der Waals surface area contributed by atoms with Gasteiger partial charge in [0.2, 0.25) is 0 Å². The van der Waals surface area contributed by atoms with Crippen molar-refractivity contribution in [1.82, 2.24) is 10.6 Å². The zero-order valence-corrected chi connectivity index (χ0v) is 14.0. The second-order valence-corrected chi connectivity index (χ2v) is 6.04. The molecule has 0 spiro atoms. The summed E-state index contributed by atoms with van der Waals surface area (Å²) in [5.74, 6) is 2.25. The van der Waals surface area contributed by atoms with Gasteiger partial charge in [-0.1, -0.05) is 54.1 Å². The molecule has 1 atom stereocenters. The number of aryl methyl sites for hydroxylation is 1. The van der Waals surface area contributed by atoms with Crippen molar-refractivity contribution in [3.05, 3.63) is 84.3 Å². The summed E-state index contributed by atoms with van der Waals surface area (Å²) in [5.41, 5.74) is 3.13. The van der Waals surface area contributed by atoms with Gasteiger partial charge in [0, 0.05) is 12.1 Å². The second-order valence-electron chi connectivity index (χ2n) is 6.04. The zero-order valence-electron chi connectivity index (χ0n) is 14.0. The highest BCUT2D eigenvalue weighted by molar-refractivity contribution is 5.67.